The number of hydrogen-bond acceptors (Lipinski definition) is 3. The van der Waals surface area contributed by atoms with Crippen LogP contribution in [0, 0.1) is 6.92 Å². The molecule has 0 aliphatic carbocycles. The fraction of sp³-hybridized carbons (Fsp3) is 0.222. The van der Waals surface area contributed by atoms with Gasteiger partial charge in [0.15, 0.2) is 5.78 Å². The molecule has 3 heteroatoms. The number of anilines is 1. The Morgan fingerprint density at radius 1 is 1.50 bits per heavy atom. The molecule has 0 saturated carbocycles. The highest BCUT2D eigenvalue weighted by Crippen LogP contribution is 2.22. The van der Waals surface area contributed by atoms with Crippen molar-refractivity contribution in [1.82, 2.24) is 0 Å². The van der Waals surface area contributed by atoms with Gasteiger partial charge < -0.3 is 10.8 Å². The summed E-state index contributed by atoms with van der Waals surface area (Å²) in [5.74, 6) is -0.0570. The summed E-state index contributed by atoms with van der Waals surface area (Å²) in [6.45, 7) is 3.20. The first kappa shape index (κ1) is 8.59. The van der Waals surface area contributed by atoms with E-state index < -0.39 is 0 Å². The van der Waals surface area contributed by atoms with Crippen molar-refractivity contribution in [2.24, 2.45) is 0 Å². The molecule has 0 spiro atoms. The molecule has 0 heterocycles. The number of Topliss-reactive ketones (excluding diaryl/α,β-unsaturated/α-hetero) is 1. The molecule has 12 heavy (non-hydrogen) atoms. The number of aromatic hydroxyl groups is 1. The number of carbonyl (C=O) groups excluding carboxylic acids is 1. The minimum Gasteiger partial charge on any atom is -0.508 e. The summed E-state index contributed by atoms with van der Waals surface area (Å²) in [5.41, 5.74) is 7.19. The molecule has 64 valence electrons. The SMILES string of the molecule is CC(=O)c1cc(O)cc(N)c1C. The Hall–Kier alpha value is -1.51. The van der Waals surface area contributed by atoms with E-state index in [1.165, 1.54) is 19.1 Å². The van der Waals surface area contributed by atoms with Gasteiger partial charge in [0.1, 0.15) is 5.75 Å². The molecule has 0 aliphatic rings. The lowest BCUT2D eigenvalue weighted by Gasteiger charge is -2.05. The molecule has 0 aromatic heterocycles. The van der Waals surface area contributed by atoms with Gasteiger partial charge in [-0.15, -0.1) is 0 Å². The van der Waals surface area contributed by atoms with E-state index in [1.807, 2.05) is 0 Å². The maximum atomic E-state index is 11.0. The van der Waals surface area contributed by atoms with E-state index in [2.05, 4.69) is 0 Å². The molecule has 1 rings (SSSR count). The molecule has 0 aliphatic heterocycles. The van der Waals surface area contributed by atoms with Crippen molar-refractivity contribution in [3.63, 3.8) is 0 Å². The summed E-state index contributed by atoms with van der Waals surface area (Å²) in [7, 11) is 0. The van der Waals surface area contributed by atoms with Gasteiger partial charge >= 0.3 is 0 Å². The second kappa shape index (κ2) is 2.85. The van der Waals surface area contributed by atoms with Crippen molar-refractivity contribution < 1.29 is 9.90 Å². The Labute approximate surface area is 70.8 Å². The first-order valence-electron chi connectivity index (χ1n) is 3.62. The summed E-state index contributed by atoms with van der Waals surface area (Å²) < 4.78 is 0. The van der Waals surface area contributed by atoms with Crippen molar-refractivity contribution in [3.05, 3.63) is 23.3 Å². The number of rotatable bonds is 1. The molecule has 0 atom stereocenters. The summed E-state index contributed by atoms with van der Waals surface area (Å²) in [4.78, 5) is 11.0. The zero-order chi connectivity index (χ0) is 9.30. The minimum atomic E-state index is -0.0879. The number of phenolic OH excluding ortho intramolecular Hbond substituents is 1. The quantitative estimate of drug-likeness (QED) is 0.489. The molecule has 0 saturated heterocycles. The van der Waals surface area contributed by atoms with Crippen molar-refractivity contribution in [1.29, 1.82) is 0 Å². The third-order valence-corrected chi connectivity index (χ3v) is 1.81. The van der Waals surface area contributed by atoms with Crippen LogP contribution in [0.3, 0.4) is 0 Å². The summed E-state index contributed by atoms with van der Waals surface area (Å²) in [5, 5.41) is 9.14. The fourth-order valence-electron chi connectivity index (χ4n) is 1.09. The van der Waals surface area contributed by atoms with Crippen molar-refractivity contribution in [2.75, 3.05) is 5.73 Å². The number of nitrogen functional groups attached to an aromatic ring is 1. The molecule has 3 N–H and O–H groups in total. The number of benzene rings is 1. The highest BCUT2D eigenvalue weighted by molar-refractivity contribution is 5.97. The highest BCUT2D eigenvalue weighted by atomic mass is 16.3. The van der Waals surface area contributed by atoms with Gasteiger partial charge in [0.25, 0.3) is 0 Å². The van der Waals surface area contributed by atoms with Crippen LogP contribution in [0.5, 0.6) is 5.75 Å². The van der Waals surface area contributed by atoms with Crippen LogP contribution in [-0.4, -0.2) is 10.9 Å². The second-order valence-corrected chi connectivity index (χ2v) is 2.76. The minimum absolute atomic E-state index is 0.0308. The molecular formula is C9H11NO2. The lowest BCUT2D eigenvalue weighted by atomic mass is 10.0. The number of hydrogen-bond donors (Lipinski definition) is 2. The molecule has 1 aromatic carbocycles. The first-order chi connectivity index (χ1) is 5.52. The predicted molar refractivity (Wildman–Crippen MR) is 47.3 cm³/mol. The largest absolute Gasteiger partial charge is 0.508 e. The van der Waals surface area contributed by atoms with E-state index in [9.17, 15) is 4.79 Å². The standard InChI is InChI=1S/C9H11NO2/c1-5-8(6(2)11)3-7(12)4-9(5)10/h3-4,12H,10H2,1-2H3. The Bertz CT molecular complexity index is 332. The van der Waals surface area contributed by atoms with Gasteiger partial charge in [0.2, 0.25) is 0 Å². The van der Waals surface area contributed by atoms with Crippen molar-refractivity contribution >= 4 is 11.5 Å². The molecular weight excluding hydrogens is 154 g/mol. The van der Waals surface area contributed by atoms with Crippen LogP contribution >= 0.6 is 0 Å². The lowest BCUT2D eigenvalue weighted by molar-refractivity contribution is 0.101. The maximum absolute atomic E-state index is 11.0. The first-order valence-corrected chi connectivity index (χ1v) is 3.62. The van der Waals surface area contributed by atoms with Crippen LogP contribution in [0.4, 0.5) is 5.69 Å². The van der Waals surface area contributed by atoms with E-state index >= 15 is 0 Å². The molecule has 0 bridgehead atoms. The molecule has 1 aromatic rings. The van der Waals surface area contributed by atoms with Crippen LogP contribution in [0.25, 0.3) is 0 Å². The van der Waals surface area contributed by atoms with E-state index in [0.29, 0.717) is 11.3 Å². The zero-order valence-corrected chi connectivity index (χ0v) is 7.09. The Morgan fingerprint density at radius 2 is 2.08 bits per heavy atom. The Morgan fingerprint density at radius 3 is 2.58 bits per heavy atom. The molecule has 0 unspecified atom stereocenters. The van der Waals surface area contributed by atoms with Gasteiger partial charge in [-0.05, 0) is 25.5 Å². The summed E-state index contributed by atoms with van der Waals surface area (Å²) >= 11 is 0. The highest BCUT2D eigenvalue weighted by Gasteiger charge is 2.07. The van der Waals surface area contributed by atoms with Crippen molar-refractivity contribution in [2.45, 2.75) is 13.8 Å². The maximum Gasteiger partial charge on any atom is 0.160 e. The number of ketones is 1. The van der Waals surface area contributed by atoms with Crippen LogP contribution in [0.1, 0.15) is 22.8 Å². The summed E-state index contributed by atoms with van der Waals surface area (Å²) in [6.07, 6.45) is 0. The van der Waals surface area contributed by atoms with Crippen molar-refractivity contribution in [3.8, 4) is 5.75 Å². The van der Waals surface area contributed by atoms with Crippen LogP contribution in [-0.2, 0) is 0 Å². The number of phenols is 1. The van der Waals surface area contributed by atoms with Gasteiger partial charge in [0, 0.05) is 17.3 Å². The zero-order valence-electron chi connectivity index (χ0n) is 7.09. The van der Waals surface area contributed by atoms with Gasteiger partial charge in [-0.25, -0.2) is 0 Å². The average Bonchev–Trinajstić information content (AvgIpc) is 1.96. The third kappa shape index (κ3) is 1.39. The molecule has 0 radical (unpaired) electrons. The molecule has 3 nitrogen and oxygen atoms in total. The van der Waals surface area contributed by atoms with Gasteiger partial charge in [-0.2, -0.15) is 0 Å². The van der Waals surface area contributed by atoms with E-state index in [4.69, 9.17) is 10.8 Å². The third-order valence-electron chi connectivity index (χ3n) is 1.81. The topological polar surface area (TPSA) is 63.3 Å². The van der Waals surface area contributed by atoms with Gasteiger partial charge in [0.05, 0.1) is 0 Å². The normalized spacial score (nSPS) is 9.83. The summed E-state index contributed by atoms with van der Waals surface area (Å²) in [6, 6.07) is 2.86. The molecule has 0 fully saturated rings. The number of carbonyl (C=O) groups is 1. The van der Waals surface area contributed by atoms with Gasteiger partial charge in [-0.1, -0.05) is 0 Å². The fourth-order valence-corrected chi connectivity index (χ4v) is 1.09. The smallest absolute Gasteiger partial charge is 0.160 e. The van der Waals surface area contributed by atoms with E-state index in [1.54, 1.807) is 6.92 Å². The van der Waals surface area contributed by atoms with E-state index in [-0.39, 0.29) is 11.5 Å². The van der Waals surface area contributed by atoms with Crippen LogP contribution in [0.2, 0.25) is 0 Å². The average molecular weight is 165 g/mol. The Balaban J connectivity index is 3.37. The Kier molecular flexibility index (Phi) is 2.04. The van der Waals surface area contributed by atoms with Crippen LogP contribution in [0.15, 0.2) is 12.1 Å². The lowest BCUT2D eigenvalue weighted by Crippen LogP contribution is -1.99. The monoisotopic (exact) mass is 165 g/mol. The molecule has 0 amide bonds. The number of nitrogens with two attached hydrogens (primary N) is 1. The second-order valence-electron chi connectivity index (χ2n) is 2.76. The van der Waals surface area contributed by atoms with Gasteiger partial charge in [-0.3, -0.25) is 4.79 Å². The van der Waals surface area contributed by atoms with E-state index in [0.717, 1.165) is 5.56 Å². The van der Waals surface area contributed by atoms with Crippen LogP contribution < -0.4 is 5.73 Å². The predicted octanol–water partition coefficient (Wildman–Crippen LogP) is 1.49.